The highest BCUT2D eigenvalue weighted by atomic mass is 35.5. The molecule has 130 valence electrons. The highest BCUT2D eigenvalue weighted by Crippen LogP contribution is 2.27. The molecule has 0 aliphatic carbocycles. The van der Waals surface area contributed by atoms with Crippen molar-refractivity contribution in [3.05, 3.63) is 57.6 Å². The maximum absolute atomic E-state index is 11.8. The van der Waals surface area contributed by atoms with Crippen LogP contribution >= 0.6 is 23.2 Å². The predicted molar refractivity (Wildman–Crippen MR) is 97.6 cm³/mol. The van der Waals surface area contributed by atoms with Gasteiger partial charge in [0.2, 0.25) is 0 Å². The molecule has 0 spiro atoms. The number of benzene rings is 2. The van der Waals surface area contributed by atoms with Gasteiger partial charge in [-0.05, 0) is 49.2 Å². The number of carbonyl (C=O) groups excluding carboxylic acids is 1. The molecule has 0 atom stereocenters. The normalized spacial score (nSPS) is 10.2. The van der Waals surface area contributed by atoms with E-state index in [1.54, 1.807) is 30.3 Å². The summed E-state index contributed by atoms with van der Waals surface area (Å²) in [5.41, 5.74) is 1.32. The van der Waals surface area contributed by atoms with Crippen LogP contribution in [0.1, 0.15) is 35.7 Å². The standard InChI is InChI=1S/C19H17Cl2NO3/c1-13(23)16-11-15(5-7-19(16)24-9-3-2-8-22)25-12-14-4-6-17(20)18(21)10-14/h4-7,10-11H,2-3,9,12H2,1H3. The molecule has 0 aliphatic rings. The number of Topliss-reactive ketones (excluding diaryl/α,β-unsaturated/α-hetero) is 1. The summed E-state index contributed by atoms with van der Waals surface area (Å²) >= 11 is 11.9. The SMILES string of the molecule is CC(=O)c1cc(OCc2ccc(Cl)c(Cl)c2)ccc1OCCCC#N. The van der Waals surface area contributed by atoms with E-state index in [1.165, 1.54) is 6.92 Å². The lowest BCUT2D eigenvalue weighted by Crippen LogP contribution is -2.04. The maximum Gasteiger partial charge on any atom is 0.163 e. The van der Waals surface area contributed by atoms with Gasteiger partial charge >= 0.3 is 0 Å². The summed E-state index contributed by atoms with van der Waals surface area (Å²) in [4.78, 5) is 11.8. The van der Waals surface area contributed by atoms with Gasteiger partial charge in [-0.15, -0.1) is 0 Å². The van der Waals surface area contributed by atoms with Crippen LogP contribution in [0.5, 0.6) is 11.5 Å². The summed E-state index contributed by atoms with van der Waals surface area (Å²) in [6.45, 7) is 2.16. The summed E-state index contributed by atoms with van der Waals surface area (Å²) in [5.74, 6) is 0.934. The predicted octanol–water partition coefficient (Wildman–Crippen LogP) is 5.46. The molecular weight excluding hydrogens is 361 g/mol. The van der Waals surface area contributed by atoms with E-state index in [1.807, 2.05) is 6.07 Å². The number of halogens is 2. The van der Waals surface area contributed by atoms with Crippen LogP contribution in [0.25, 0.3) is 0 Å². The van der Waals surface area contributed by atoms with E-state index in [-0.39, 0.29) is 5.78 Å². The second-order valence-corrected chi connectivity index (χ2v) is 6.18. The fourth-order valence-corrected chi connectivity index (χ4v) is 2.45. The van der Waals surface area contributed by atoms with Crippen molar-refractivity contribution in [1.82, 2.24) is 0 Å². The van der Waals surface area contributed by atoms with Crippen molar-refractivity contribution >= 4 is 29.0 Å². The Hall–Kier alpha value is -2.22. The second-order valence-electron chi connectivity index (χ2n) is 5.36. The maximum atomic E-state index is 11.8. The third-order valence-corrected chi connectivity index (χ3v) is 4.15. The summed E-state index contributed by atoms with van der Waals surface area (Å²) in [6, 6.07) is 12.4. The van der Waals surface area contributed by atoms with Gasteiger partial charge in [-0.3, -0.25) is 4.79 Å². The van der Waals surface area contributed by atoms with Gasteiger partial charge in [0.25, 0.3) is 0 Å². The molecule has 0 amide bonds. The zero-order chi connectivity index (χ0) is 18.2. The average Bonchev–Trinajstić information content (AvgIpc) is 2.60. The third-order valence-electron chi connectivity index (χ3n) is 3.41. The Labute approximate surface area is 156 Å². The first kappa shape index (κ1) is 19.1. The van der Waals surface area contributed by atoms with Crippen molar-refractivity contribution in [2.75, 3.05) is 6.61 Å². The van der Waals surface area contributed by atoms with E-state index >= 15 is 0 Å². The van der Waals surface area contributed by atoms with Crippen LogP contribution in [-0.4, -0.2) is 12.4 Å². The van der Waals surface area contributed by atoms with E-state index in [2.05, 4.69) is 6.07 Å². The van der Waals surface area contributed by atoms with Crippen LogP contribution in [0.2, 0.25) is 10.0 Å². The lowest BCUT2D eigenvalue weighted by molar-refractivity contribution is 0.101. The Kier molecular flexibility index (Phi) is 7.12. The Morgan fingerprint density at radius 2 is 1.92 bits per heavy atom. The molecule has 0 saturated carbocycles. The van der Waals surface area contributed by atoms with Crippen molar-refractivity contribution in [1.29, 1.82) is 5.26 Å². The van der Waals surface area contributed by atoms with E-state index < -0.39 is 0 Å². The quantitative estimate of drug-likeness (QED) is 0.452. The number of ether oxygens (including phenoxy) is 2. The minimum Gasteiger partial charge on any atom is -0.493 e. The van der Waals surface area contributed by atoms with Gasteiger partial charge in [0.1, 0.15) is 18.1 Å². The third kappa shape index (κ3) is 5.67. The van der Waals surface area contributed by atoms with E-state index in [9.17, 15) is 4.79 Å². The number of hydrogen-bond donors (Lipinski definition) is 0. The zero-order valence-corrected chi connectivity index (χ0v) is 15.2. The lowest BCUT2D eigenvalue weighted by Gasteiger charge is -2.12. The van der Waals surface area contributed by atoms with E-state index in [4.69, 9.17) is 37.9 Å². The molecule has 2 aromatic carbocycles. The first-order valence-corrected chi connectivity index (χ1v) is 8.48. The monoisotopic (exact) mass is 377 g/mol. The van der Waals surface area contributed by atoms with Crippen LogP contribution < -0.4 is 9.47 Å². The fourth-order valence-electron chi connectivity index (χ4n) is 2.13. The van der Waals surface area contributed by atoms with Gasteiger partial charge in [-0.25, -0.2) is 0 Å². The number of unbranched alkanes of at least 4 members (excludes halogenated alkanes) is 1. The van der Waals surface area contributed by atoms with Crippen LogP contribution in [0, 0.1) is 11.3 Å². The number of carbonyl (C=O) groups is 1. The highest BCUT2D eigenvalue weighted by molar-refractivity contribution is 6.42. The molecule has 0 aromatic heterocycles. The van der Waals surface area contributed by atoms with Crippen LogP contribution in [0.3, 0.4) is 0 Å². The van der Waals surface area contributed by atoms with Crippen LogP contribution in [-0.2, 0) is 6.61 Å². The topological polar surface area (TPSA) is 59.3 Å². The molecule has 0 heterocycles. The summed E-state index contributed by atoms with van der Waals surface area (Å²) in [7, 11) is 0. The molecule has 0 N–H and O–H groups in total. The van der Waals surface area contributed by atoms with Crippen molar-refractivity contribution in [3.8, 4) is 17.6 Å². The Balaban J connectivity index is 2.06. The first-order valence-electron chi connectivity index (χ1n) is 7.72. The summed E-state index contributed by atoms with van der Waals surface area (Å²) in [5, 5.41) is 9.49. The molecule has 2 aromatic rings. The van der Waals surface area contributed by atoms with Crippen molar-refractivity contribution in [2.45, 2.75) is 26.4 Å². The van der Waals surface area contributed by atoms with Crippen molar-refractivity contribution in [3.63, 3.8) is 0 Å². The fraction of sp³-hybridized carbons (Fsp3) is 0.263. The van der Waals surface area contributed by atoms with Crippen LogP contribution in [0.4, 0.5) is 0 Å². The Bertz CT molecular complexity index is 800. The van der Waals surface area contributed by atoms with Crippen molar-refractivity contribution in [2.24, 2.45) is 0 Å². The zero-order valence-electron chi connectivity index (χ0n) is 13.7. The van der Waals surface area contributed by atoms with Gasteiger partial charge in [-0.1, -0.05) is 29.3 Å². The van der Waals surface area contributed by atoms with Crippen LogP contribution in [0.15, 0.2) is 36.4 Å². The Morgan fingerprint density at radius 3 is 2.60 bits per heavy atom. The number of ketones is 1. The number of nitrogens with zero attached hydrogens (tertiary/aromatic N) is 1. The van der Waals surface area contributed by atoms with Gasteiger partial charge < -0.3 is 9.47 Å². The minimum absolute atomic E-state index is 0.115. The van der Waals surface area contributed by atoms with Gasteiger partial charge in [-0.2, -0.15) is 5.26 Å². The molecule has 0 radical (unpaired) electrons. The number of rotatable bonds is 8. The largest absolute Gasteiger partial charge is 0.493 e. The van der Waals surface area contributed by atoms with Crippen molar-refractivity contribution < 1.29 is 14.3 Å². The molecule has 25 heavy (non-hydrogen) atoms. The summed E-state index contributed by atoms with van der Waals surface area (Å²) < 4.78 is 11.3. The molecule has 0 saturated heterocycles. The molecule has 6 heteroatoms. The van der Waals surface area contributed by atoms with Gasteiger partial charge in [0, 0.05) is 6.42 Å². The number of nitriles is 1. The molecule has 0 fully saturated rings. The highest BCUT2D eigenvalue weighted by Gasteiger charge is 2.11. The first-order chi connectivity index (χ1) is 12.0. The van der Waals surface area contributed by atoms with Gasteiger partial charge in [0.05, 0.1) is 28.3 Å². The van der Waals surface area contributed by atoms with E-state index in [0.717, 1.165) is 5.56 Å². The van der Waals surface area contributed by atoms with Gasteiger partial charge in [0.15, 0.2) is 5.78 Å². The lowest BCUT2D eigenvalue weighted by atomic mass is 10.1. The molecule has 0 aliphatic heterocycles. The smallest absolute Gasteiger partial charge is 0.163 e. The minimum atomic E-state index is -0.115. The molecule has 4 nitrogen and oxygen atoms in total. The Morgan fingerprint density at radius 1 is 1.12 bits per heavy atom. The summed E-state index contributed by atoms with van der Waals surface area (Å²) in [6.07, 6.45) is 1.03. The number of hydrogen-bond acceptors (Lipinski definition) is 4. The second kappa shape index (κ2) is 9.31. The molecule has 2 rings (SSSR count). The molecule has 0 unspecified atom stereocenters. The average molecular weight is 378 g/mol. The van der Waals surface area contributed by atoms with E-state index in [0.29, 0.717) is 53.2 Å². The molecular formula is C19H17Cl2NO3. The molecule has 0 bridgehead atoms.